The van der Waals surface area contributed by atoms with Crippen LogP contribution in [0.1, 0.15) is 40.2 Å². The summed E-state index contributed by atoms with van der Waals surface area (Å²) in [4.78, 5) is 22.6. The maximum atomic E-state index is 11.7. The fourth-order valence-corrected chi connectivity index (χ4v) is 1.64. The van der Waals surface area contributed by atoms with E-state index in [1.807, 2.05) is 12.1 Å². The van der Waals surface area contributed by atoms with Gasteiger partial charge in [0.05, 0.1) is 0 Å². The van der Waals surface area contributed by atoms with E-state index in [9.17, 15) is 9.59 Å². The van der Waals surface area contributed by atoms with Gasteiger partial charge in [0.25, 0.3) is 5.91 Å². The molecule has 0 unspecified atom stereocenters. The van der Waals surface area contributed by atoms with Crippen molar-refractivity contribution in [3.8, 4) is 5.75 Å². The lowest BCUT2D eigenvalue weighted by molar-refractivity contribution is -0.146. The molecule has 0 aromatic heterocycles. The molecular formula is C16H23NO4. The number of amides is 1. The van der Waals surface area contributed by atoms with Gasteiger partial charge in [-0.3, -0.25) is 4.79 Å². The Kier molecular flexibility index (Phi) is 4.99. The predicted octanol–water partition coefficient (Wildman–Crippen LogP) is 2.34. The lowest BCUT2D eigenvalue weighted by atomic mass is 9.87. The van der Waals surface area contributed by atoms with Crippen molar-refractivity contribution < 1.29 is 19.4 Å². The zero-order valence-corrected chi connectivity index (χ0v) is 13.2. The number of nitrogens with one attached hydrogen (secondary N) is 1. The first kappa shape index (κ1) is 17.0. The van der Waals surface area contributed by atoms with Crippen LogP contribution in [0.2, 0.25) is 0 Å². The van der Waals surface area contributed by atoms with E-state index in [0.717, 1.165) is 0 Å². The molecule has 5 heteroatoms. The quantitative estimate of drug-likeness (QED) is 0.873. The maximum absolute atomic E-state index is 11.7. The Labute approximate surface area is 125 Å². The molecule has 116 valence electrons. The summed E-state index contributed by atoms with van der Waals surface area (Å²) >= 11 is 0. The lowest BCUT2D eigenvalue weighted by Gasteiger charge is -2.21. The van der Waals surface area contributed by atoms with Crippen molar-refractivity contribution in [3.05, 3.63) is 29.8 Å². The highest BCUT2D eigenvalue weighted by atomic mass is 16.5. The molecule has 1 aromatic carbocycles. The molecule has 0 atom stereocenters. The van der Waals surface area contributed by atoms with Crippen molar-refractivity contribution in [3.63, 3.8) is 0 Å². The highest BCUT2D eigenvalue weighted by Crippen LogP contribution is 2.24. The van der Waals surface area contributed by atoms with Crippen molar-refractivity contribution in [2.24, 2.45) is 0 Å². The highest BCUT2D eigenvalue weighted by Gasteiger charge is 2.28. The number of benzene rings is 1. The molecule has 0 aliphatic heterocycles. The summed E-state index contributed by atoms with van der Waals surface area (Å²) in [6, 6.07) is 7.51. The smallest absolute Gasteiger partial charge is 0.328 e. The average molecular weight is 293 g/mol. The van der Waals surface area contributed by atoms with Crippen molar-refractivity contribution in [1.82, 2.24) is 5.32 Å². The van der Waals surface area contributed by atoms with Gasteiger partial charge in [-0.25, -0.2) is 4.79 Å². The normalized spacial score (nSPS) is 11.9. The Bertz CT molecular complexity index is 512. The van der Waals surface area contributed by atoms with Gasteiger partial charge in [-0.15, -0.1) is 0 Å². The molecule has 0 radical (unpaired) electrons. The van der Waals surface area contributed by atoms with Crippen LogP contribution < -0.4 is 10.1 Å². The number of ether oxygens (including phenoxy) is 1. The molecule has 0 spiro atoms. The molecule has 1 aromatic rings. The van der Waals surface area contributed by atoms with Gasteiger partial charge in [-0.1, -0.05) is 32.9 Å². The van der Waals surface area contributed by atoms with Gasteiger partial charge >= 0.3 is 5.97 Å². The number of hydrogen-bond acceptors (Lipinski definition) is 3. The van der Waals surface area contributed by atoms with Crippen LogP contribution in [0.5, 0.6) is 5.75 Å². The summed E-state index contributed by atoms with van der Waals surface area (Å²) in [6.45, 7) is 8.97. The lowest BCUT2D eigenvalue weighted by Crippen LogP contribution is -2.51. The topological polar surface area (TPSA) is 75.6 Å². The molecule has 0 aliphatic rings. The first-order valence-electron chi connectivity index (χ1n) is 6.80. The molecule has 1 amide bonds. The van der Waals surface area contributed by atoms with Crippen LogP contribution in [0.3, 0.4) is 0 Å². The Morgan fingerprint density at radius 3 is 2.05 bits per heavy atom. The Morgan fingerprint density at radius 1 is 1.10 bits per heavy atom. The molecule has 0 heterocycles. The minimum Gasteiger partial charge on any atom is -0.484 e. The molecule has 0 saturated carbocycles. The van der Waals surface area contributed by atoms with E-state index in [1.54, 1.807) is 12.1 Å². The predicted molar refractivity (Wildman–Crippen MR) is 80.5 cm³/mol. The molecule has 2 N–H and O–H groups in total. The van der Waals surface area contributed by atoms with Crippen molar-refractivity contribution in [1.29, 1.82) is 0 Å². The van der Waals surface area contributed by atoms with E-state index in [0.29, 0.717) is 5.75 Å². The van der Waals surface area contributed by atoms with Crippen molar-refractivity contribution >= 4 is 11.9 Å². The van der Waals surface area contributed by atoms with E-state index in [4.69, 9.17) is 9.84 Å². The van der Waals surface area contributed by atoms with Crippen LogP contribution in [-0.4, -0.2) is 29.1 Å². The molecule has 0 aliphatic carbocycles. The standard InChI is InChI=1S/C16H23NO4/c1-15(2,3)11-6-8-12(9-7-11)21-10-13(18)17-16(4,5)14(19)20/h6-9H,10H2,1-5H3,(H,17,18)(H,19,20). The van der Waals surface area contributed by atoms with Crippen LogP contribution in [0, 0.1) is 0 Å². The number of carboxylic acid groups (broad SMARTS) is 1. The third-order valence-corrected chi connectivity index (χ3v) is 3.08. The van der Waals surface area contributed by atoms with Gasteiger partial charge in [0.2, 0.25) is 0 Å². The van der Waals surface area contributed by atoms with Crippen LogP contribution in [0.4, 0.5) is 0 Å². The Hall–Kier alpha value is -2.04. The summed E-state index contributed by atoms with van der Waals surface area (Å²) in [7, 11) is 0. The summed E-state index contributed by atoms with van der Waals surface area (Å²) in [5, 5.41) is 11.3. The third-order valence-electron chi connectivity index (χ3n) is 3.08. The molecule has 5 nitrogen and oxygen atoms in total. The number of carbonyl (C=O) groups is 2. The molecule has 0 bridgehead atoms. The summed E-state index contributed by atoms with van der Waals surface area (Å²) in [5.41, 5.74) is -0.0795. The van der Waals surface area contributed by atoms with Crippen molar-refractivity contribution in [2.45, 2.75) is 45.6 Å². The molecule has 21 heavy (non-hydrogen) atoms. The van der Waals surface area contributed by atoms with E-state index in [2.05, 4.69) is 26.1 Å². The van der Waals surface area contributed by atoms with Crippen LogP contribution in [0.15, 0.2) is 24.3 Å². The number of hydrogen-bond donors (Lipinski definition) is 2. The second-order valence-electron chi connectivity index (χ2n) is 6.54. The van der Waals surface area contributed by atoms with Gasteiger partial charge in [-0.05, 0) is 37.0 Å². The Balaban J connectivity index is 2.56. The van der Waals surface area contributed by atoms with Gasteiger partial charge in [-0.2, -0.15) is 0 Å². The van der Waals surface area contributed by atoms with E-state index in [1.165, 1.54) is 19.4 Å². The first-order chi connectivity index (χ1) is 9.52. The van der Waals surface area contributed by atoms with Crippen LogP contribution >= 0.6 is 0 Å². The van der Waals surface area contributed by atoms with Gasteiger partial charge in [0.15, 0.2) is 6.61 Å². The van der Waals surface area contributed by atoms with E-state index < -0.39 is 17.4 Å². The fourth-order valence-electron chi connectivity index (χ4n) is 1.64. The Morgan fingerprint density at radius 2 is 1.62 bits per heavy atom. The zero-order chi connectivity index (χ0) is 16.3. The second-order valence-corrected chi connectivity index (χ2v) is 6.54. The fraction of sp³-hybridized carbons (Fsp3) is 0.500. The number of carbonyl (C=O) groups excluding carboxylic acids is 1. The minimum atomic E-state index is -1.31. The van der Waals surface area contributed by atoms with Crippen molar-refractivity contribution in [2.75, 3.05) is 6.61 Å². The summed E-state index contributed by atoms with van der Waals surface area (Å²) in [6.07, 6.45) is 0. The van der Waals surface area contributed by atoms with Gasteiger partial charge < -0.3 is 15.2 Å². The average Bonchev–Trinajstić information content (AvgIpc) is 2.35. The summed E-state index contributed by atoms with van der Waals surface area (Å²) in [5.74, 6) is -0.987. The molecule has 0 saturated heterocycles. The molecular weight excluding hydrogens is 270 g/mol. The minimum absolute atomic E-state index is 0.0570. The number of rotatable bonds is 5. The summed E-state index contributed by atoms with van der Waals surface area (Å²) < 4.78 is 5.36. The highest BCUT2D eigenvalue weighted by molar-refractivity contribution is 5.86. The SMILES string of the molecule is CC(C)(NC(=O)COc1ccc(C(C)(C)C)cc1)C(=O)O. The van der Waals surface area contributed by atoms with Crippen LogP contribution in [-0.2, 0) is 15.0 Å². The third kappa shape index (κ3) is 5.10. The molecule has 1 rings (SSSR count). The van der Waals surface area contributed by atoms with E-state index >= 15 is 0 Å². The number of carboxylic acids is 1. The van der Waals surface area contributed by atoms with E-state index in [-0.39, 0.29) is 12.0 Å². The monoisotopic (exact) mass is 293 g/mol. The number of aliphatic carboxylic acids is 1. The van der Waals surface area contributed by atoms with Gasteiger partial charge in [0, 0.05) is 0 Å². The maximum Gasteiger partial charge on any atom is 0.328 e. The zero-order valence-electron chi connectivity index (χ0n) is 13.2. The first-order valence-corrected chi connectivity index (χ1v) is 6.80. The largest absolute Gasteiger partial charge is 0.484 e. The second kappa shape index (κ2) is 6.16. The molecule has 0 fully saturated rings. The van der Waals surface area contributed by atoms with Gasteiger partial charge in [0.1, 0.15) is 11.3 Å². The van der Waals surface area contributed by atoms with Crippen LogP contribution in [0.25, 0.3) is 0 Å².